The van der Waals surface area contributed by atoms with Gasteiger partial charge in [0, 0.05) is 6.54 Å². The quantitative estimate of drug-likeness (QED) is 0.814. The number of ether oxygens (including phenoxy) is 2. The fraction of sp³-hybridized carbons (Fsp3) is 0.385. The minimum absolute atomic E-state index is 0.0442. The Labute approximate surface area is 120 Å². The summed E-state index contributed by atoms with van der Waals surface area (Å²) in [7, 11) is 0. The van der Waals surface area contributed by atoms with Gasteiger partial charge >= 0.3 is 5.97 Å². The molecule has 7 heteroatoms. The lowest BCUT2D eigenvalue weighted by Crippen LogP contribution is -2.33. The first-order valence-electron chi connectivity index (χ1n) is 6.11. The number of amides is 1. The van der Waals surface area contributed by atoms with Gasteiger partial charge in [0.05, 0.1) is 5.02 Å². The number of fused-ring (bicyclic) bond motifs is 1. The van der Waals surface area contributed by atoms with Crippen molar-refractivity contribution in [1.82, 2.24) is 4.90 Å². The number of carboxylic acid groups (broad SMARTS) is 1. The number of carbonyl (C=O) groups is 2. The van der Waals surface area contributed by atoms with E-state index in [1.165, 1.54) is 11.0 Å². The first kappa shape index (κ1) is 14.5. The number of carbonyl (C=O) groups excluding carboxylic acids is 1. The third-order valence-electron chi connectivity index (χ3n) is 2.95. The standard InChI is InChI=1S/C13H14ClNO5/c1-2-3-15(6-16)11(13(17)18)8-4-9(14)12-10(5-8)19-7-20-12/h4-6,11H,2-3,7H2,1H3,(H,17,18). The monoisotopic (exact) mass is 299 g/mol. The molecule has 1 aliphatic heterocycles. The topological polar surface area (TPSA) is 76.1 Å². The molecular formula is C13H14ClNO5. The molecular weight excluding hydrogens is 286 g/mol. The number of hydrogen-bond acceptors (Lipinski definition) is 4. The summed E-state index contributed by atoms with van der Waals surface area (Å²) in [5, 5.41) is 9.65. The van der Waals surface area contributed by atoms with Gasteiger partial charge in [-0.1, -0.05) is 18.5 Å². The van der Waals surface area contributed by atoms with Crippen LogP contribution in [0, 0.1) is 0 Å². The number of hydrogen-bond donors (Lipinski definition) is 1. The van der Waals surface area contributed by atoms with Gasteiger partial charge in [0.2, 0.25) is 13.2 Å². The fourth-order valence-electron chi connectivity index (χ4n) is 2.12. The summed E-state index contributed by atoms with van der Waals surface area (Å²) in [4.78, 5) is 23.8. The lowest BCUT2D eigenvalue weighted by molar-refractivity contribution is -0.146. The summed E-state index contributed by atoms with van der Waals surface area (Å²) in [6, 6.07) is 1.93. The molecule has 108 valence electrons. The molecule has 0 aromatic heterocycles. The smallest absolute Gasteiger partial charge is 0.331 e. The van der Waals surface area contributed by atoms with Gasteiger partial charge in [-0.05, 0) is 24.1 Å². The number of nitrogens with zero attached hydrogens (tertiary/aromatic N) is 1. The average molecular weight is 300 g/mol. The highest BCUT2D eigenvalue weighted by atomic mass is 35.5. The van der Waals surface area contributed by atoms with Gasteiger partial charge in [0.15, 0.2) is 17.5 Å². The van der Waals surface area contributed by atoms with Crippen LogP contribution in [0.2, 0.25) is 5.02 Å². The molecule has 0 fully saturated rings. The molecule has 2 rings (SSSR count). The van der Waals surface area contributed by atoms with E-state index in [0.717, 1.165) is 0 Å². The van der Waals surface area contributed by atoms with E-state index in [9.17, 15) is 14.7 Å². The third kappa shape index (κ3) is 2.65. The van der Waals surface area contributed by atoms with E-state index >= 15 is 0 Å². The molecule has 1 N–H and O–H groups in total. The second-order valence-electron chi connectivity index (χ2n) is 4.32. The summed E-state index contributed by atoms with van der Waals surface area (Å²) in [5.74, 6) is -0.339. The molecule has 1 atom stereocenters. The molecule has 0 spiro atoms. The lowest BCUT2D eigenvalue weighted by Gasteiger charge is -2.25. The molecule has 1 aliphatic rings. The zero-order chi connectivity index (χ0) is 14.7. The lowest BCUT2D eigenvalue weighted by atomic mass is 10.0. The van der Waals surface area contributed by atoms with Crippen molar-refractivity contribution < 1.29 is 24.2 Å². The van der Waals surface area contributed by atoms with Crippen LogP contribution in [0.3, 0.4) is 0 Å². The van der Waals surface area contributed by atoms with Gasteiger partial charge < -0.3 is 19.5 Å². The van der Waals surface area contributed by atoms with Crippen LogP contribution in [-0.2, 0) is 9.59 Å². The summed E-state index contributed by atoms with van der Waals surface area (Å²) in [5.41, 5.74) is 0.382. The highest BCUT2D eigenvalue weighted by molar-refractivity contribution is 6.32. The van der Waals surface area contributed by atoms with Gasteiger partial charge in [-0.2, -0.15) is 0 Å². The molecule has 0 saturated carbocycles. The SMILES string of the molecule is CCCN(C=O)C(C(=O)O)c1cc(Cl)c2c(c1)OCO2. The first-order chi connectivity index (χ1) is 9.58. The van der Waals surface area contributed by atoms with E-state index < -0.39 is 12.0 Å². The van der Waals surface area contributed by atoms with Crippen LogP contribution >= 0.6 is 11.6 Å². The van der Waals surface area contributed by atoms with E-state index in [4.69, 9.17) is 21.1 Å². The minimum Gasteiger partial charge on any atom is -0.479 e. The summed E-state index contributed by atoms with van der Waals surface area (Å²) < 4.78 is 10.4. The van der Waals surface area contributed by atoms with E-state index in [-0.39, 0.29) is 11.8 Å². The zero-order valence-electron chi connectivity index (χ0n) is 10.8. The molecule has 0 bridgehead atoms. The molecule has 0 aliphatic carbocycles. The van der Waals surface area contributed by atoms with Crippen molar-refractivity contribution in [2.75, 3.05) is 13.3 Å². The molecule has 1 unspecified atom stereocenters. The van der Waals surface area contributed by atoms with Crippen molar-refractivity contribution in [1.29, 1.82) is 0 Å². The predicted octanol–water partition coefficient (Wildman–Crippen LogP) is 2.06. The maximum Gasteiger partial charge on any atom is 0.331 e. The number of halogens is 1. The van der Waals surface area contributed by atoms with Crippen LogP contribution in [0.25, 0.3) is 0 Å². The molecule has 1 amide bonds. The molecule has 0 radical (unpaired) electrons. The van der Waals surface area contributed by atoms with Crippen molar-refractivity contribution in [3.63, 3.8) is 0 Å². The number of benzene rings is 1. The van der Waals surface area contributed by atoms with Crippen molar-refractivity contribution in [3.05, 3.63) is 22.7 Å². The van der Waals surface area contributed by atoms with Crippen molar-refractivity contribution in [2.24, 2.45) is 0 Å². The largest absolute Gasteiger partial charge is 0.479 e. The van der Waals surface area contributed by atoms with Crippen LogP contribution in [0.4, 0.5) is 0 Å². The summed E-state index contributed by atoms with van der Waals surface area (Å²) in [6.45, 7) is 2.25. The minimum atomic E-state index is -1.12. The fourth-order valence-corrected chi connectivity index (χ4v) is 2.40. The Morgan fingerprint density at radius 2 is 2.30 bits per heavy atom. The Bertz CT molecular complexity index is 534. The highest BCUT2D eigenvalue weighted by Gasteiger charge is 2.29. The molecule has 1 heterocycles. The van der Waals surface area contributed by atoms with Gasteiger partial charge in [-0.15, -0.1) is 0 Å². The molecule has 1 aromatic carbocycles. The Morgan fingerprint density at radius 3 is 2.90 bits per heavy atom. The van der Waals surface area contributed by atoms with Crippen LogP contribution in [0.15, 0.2) is 12.1 Å². The Balaban J connectivity index is 2.42. The molecule has 0 saturated heterocycles. The summed E-state index contributed by atoms with van der Waals surface area (Å²) in [6.07, 6.45) is 1.18. The summed E-state index contributed by atoms with van der Waals surface area (Å²) >= 11 is 6.04. The van der Waals surface area contributed by atoms with Gasteiger partial charge in [-0.25, -0.2) is 4.79 Å². The van der Waals surface area contributed by atoms with Crippen LogP contribution in [-0.4, -0.2) is 35.7 Å². The highest BCUT2D eigenvalue weighted by Crippen LogP contribution is 2.41. The third-order valence-corrected chi connectivity index (χ3v) is 3.23. The Kier molecular flexibility index (Phi) is 4.34. The van der Waals surface area contributed by atoms with E-state index in [1.54, 1.807) is 6.07 Å². The first-order valence-corrected chi connectivity index (χ1v) is 6.49. The predicted molar refractivity (Wildman–Crippen MR) is 71.0 cm³/mol. The van der Waals surface area contributed by atoms with Crippen molar-refractivity contribution in [2.45, 2.75) is 19.4 Å². The number of aliphatic carboxylic acids is 1. The van der Waals surface area contributed by atoms with Crippen LogP contribution in [0.1, 0.15) is 24.9 Å². The zero-order valence-corrected chi connectivity index (χ0v) is 11.6. The van der Waals surface area contributed by atoms with Gasteiger partial charge in [0.25, 0.3) is 0 Å². The van der Waals surface area contributed by atoms with Crippen LogP contribution in [0.5, 0.6) is 11.5 Å². The van der Waals surface area contributed by atoms with E-state index in [0.29, 0.717) is 36.4 Å². The number of carboxylic acids is 1. The maximum atomic E-state index is 11.5. The second-order valence-corrected chi connectivity index (χ2v) is 4.73. The van der Waals surface area contributed by atoms with Crippen molar-refractivity contribution in [3.8, 4) is 11.5 Å². The van der Waals surface area contributed by atoms with Gasteiger partial charge in [-0.3, -0.25) is 4.79 Å². The van der Waals surface area contributed by atoms with Crippen LogP contribution < -0.4 is 9.47 Å². The average Bonchev–Trinajstić information content (AvgIpc) is 2.86. The molecule has 6 nitrogen and oxygen atoms in total. The molecule has 1 aromatic rings. The van der Waals surface area contributed by atoms with Gasteiger partial charge in [0.1, 0.15) is 0 Å². The van der Waals surface area contributed by atoms with E-state index in [1.807, 2.05) is 6.92 Å². The Morgan fingerprint density at radius 1 is 1.55 bits per heavy atom. The number of rotatable bonds is 6. The normalized spacial score (nSPS) is 13.9. The van der Waals surface area contributed by atoms with E-state index in [2.05, 4.69) is 0 Å². The van der Waals surface area contributed by atoms with Crippen molar-refractivity contribution >= 4 is 24.0 Å². The molecule has 20 heavy (non-hydrogen) atoms. The maximum absolute atomic E-state index is 11.5. The second kappa shape index (κ2) is 6.00. The Hall–Kier alpha value is -1.95.